The lowest BCUT2D eigenvalue weighted by Crippen LogP contribution is -1.98. The first-order valence-electron chi connectivity index (χ1n) is 3.92. The number of rotatable bonds is 3. The van der Waals surface area contributed by atoms with Crippen LogP contribution in [0.5, 0.6) is 0 Å². The van der Waals surface area contributed by atoms with Crippen LogP contribution in [0.4, 0.5) is 0 Å². The maximum absolute atomic E-state index is 10.3. The first-order chi connectivity index (χ1) is 6.02. The summed E-state index contributed by atoms with van der Waals surface area (Å²) in [4.78, 5) is 14.4. The minimum atomic E-state index is -0.834. The number of aromatic nitrogens is 2. The molecule has 1 heterocycles. The van der Waals surface area contributed by atoms with E-state index in [-0.39, 0.29) is 6.42 Å². The first kappa shape index (κ1) is 10.1. The third-order valence-electron chi connectivity index (χ3n) is 1.89. The van der Waals surface area contributed by atoms with Crippen LogP contribution in [0.3, 0.4) is 0 Å². The summed E-state index contributed by atoms with van der Waals surface area (Å²) < 4.78 is 1.73. The van der Waals surface area contributed by atoms with Crippen molar-refractivity contribution in [3.63, 3.8) is 0 Å². The van der Waals surface area contributed by atoms with Crippen LogP contribution < -0.4 is 0 Å². The third kappa shape index (κ3) is 2.21. The predicted molar refractivity (Wildman–Crippen MR) is 48.9 cm³/mol. The van der Waals surface area contributed by atoms with E-state index in [1.54, 1.807) is 11.6 Å². The van der Waals surface area contributed by atoms with Crippen LogP contribution >= 0.6 is 11.6 Å². The highest BCUT2D eigenvalue weighted by Gasteiger charge is 2.10. The molecule has 0 amide bonds. The quantitative estimate of drug-likeness (QED) is 0.806. The molecule has 0 fully saturated rings. The Morgan fingerprint density at radius 2 is 2.31 bits per heavy atom. The van der Waals surface area contributed by atoms with Gasteiger partial charge in [-0.05, 0) is 6.92 Å². The monoisotopic (exact) mass is 202 g/mol. The van der Waals surface area contributed by atoms with Gasteiger partial charge in [0.25, 0.3) is 0 Å². The van der Waals surface area contributed by atoms with E-state index in [0.29, 0.717) is 17.3 Å². The van der Waals surface area contributed by atoms with Crippen LogP contribution in [-0.4, -0.2) is 20.6 Å². The molecule has 0 saturated heterocycles. The molecule has 1 rings (SSSR count). The molecule has 5 heteroatoms. The van der Waals surface area contributed by atoms with Crippen LogP contribution in [0.1, 0.15) is 17.9 Å². The molecule has 1 aromatic rings. The van der Waals surface area contributed by atoms with Gasteiger partial charge in [0.15, 0.2) is 0 Å². The Bertz CT molecular complexity index is 333. The number of carbonyl (C=O) groups is 1. The number of aryl methyl sites for hydroxylation is 2. The standard InChI is InChI=1S/C8H11ClN2O2/c1-5-10-6(3-4-7(12)13)8(9)11(5)2/h3-4H2,1-2H3,(H,12,13). The number of nitrogens with zero attached hydrogens (tertiary/aromatic N) is 2. The van der Waals surface area contributed by atoms with Crippen molar-refractivity contribution in [2.45, 2.75) is 19.8 Å². The fraction of sp³-hybridized carbons (Fsp3) is 0.500. The van der Waals surface area contributed by atoms with Crippen LogP contribution in [-0.2, 0) is 18.3 Å². The van der Waals surface area contributed by atoms with Crippen LogP contribution in [0.15, 0.2) is 0 Å². The van der Waals surface area contributed by atoms with E-state index in [4.69, 9.17) is 16.7 Å². The van der Waals surface area contributed by atoms with Crippen molar-refractivity contribution in [1.29, 1.82) is 0 Å². The second-order valence-electron chi connectivity index (χ2n) is 2.85. The Labute approximate surface area is 81.2 Å². The van der Waals surface area contributed by atoms with Gasteiger partial charge in [0.2, 0.25) is 0 Å². The lowest BCUT2D eigenvalue weighted by Gasteiger charge is -1.95. The van der Waals surface area contributed by atoms with Crippen molar-refractivity contribution in [2.75, 3.05) is 0 Å². The topological polar surface area (TPSA) is 55.1 Å². The van der Waals surface area contributed by atoms with E-state index in [0.717, 1.165) is 5.82 Å². The Hall–Kier alpha value is -1.03. The number of imidazole rings is 1. The van der Waals surface area contributed by atoms with Gasteiger partial charge in [-0.2, -0.15) is 0 Å². The van der Waals surface area contributed by atoms with Gasteiger partial charge in [-0.3, -0.25) is 4.79 Å². The van der Waals surface area contributed by atoms with Crippen molar-refractivity contribution in [1.82, 2.24) is 9.55 Å². The van der Waals surface area contributed by atoms with Gasteiger partial charge in [0, 0.05) is 13.5 Å². The zero-order valence-electron chi connectivity index (χ0n) is 7.54. The smallest absolute Gasteiger partial charge is 0.303 e. The Balaban J connectivity index is 2.78. The molecule has 72 valence electrons. The van der Waals surface area contributed by atoms with Gasteiger partial charge in [0.05, 0.1) is 12.1 Å². The average Bonchev–Trinajstić information content (AvgIpc) is 2.29. The van der Waals surface area contributed by atoms with E-state index in [9.17, 15) is 4.79 Å². The van der Waals surface area contributed by atoms with Gasteiger partial charge in [-0.1, -0.05) is 11.6 Å². The molecule has 0 radical (unpaired) electrons. The zero-order chi connectivity index (χ0) is 10.0. The van der Waals surface area contributed by atoms with E-state index in [1.165, 1.54) is 0 Å². The summed E-state index contributed by atoms with van der Waals surface area (Å²) in [6, 6.07) is 0. The molecule has 0 aliphatic rings. The lowest BCUT2D eigenvalue weighted by atomic mass is 10.2. The highest BCUT2D eigenvalue weighted by molar-refractivity contribution is 6.30. The average molecular weight is 203 g/mol. The van der Waals surface area contributed by atoms with E-state index in [2.05, 4.69) is 4.98 Å². The molecule has 0 aliphatic heterocycles. The van der Waals surface area contributed by atoms with Crippen LogP contribution in [0.25, 0.3) is 0 Å². The van der Waals surface area contributed by atoms with Gasteiger partial charge in [-0.15, -0.1) is 0 Å². The summed E-state index contributed by atoms with van der Waals surface area (Å²) in [5, 5.41) is 8.99. The summed E-state index contributed by atoms with van der Waals surface area (Å²) in [7, 11) is 1.80. The lowest BCUT2D eigenvalue weighted by molar-refractivity contribution is -0.136. The maximum atomic E-state index is 10.3. The molecular formula is C8H11ClN2O2. The van der Waals surface area contributed by atoms with E-state index in [1.807, 2.05) is 6.92 Å². The number of hydrogen-bond donors (Lipinski definition) is 1. The SMILES string of the molecule is Cc1nc(CCC(=O)O)c(Cl)n1C. The van der Waals surface area contributed by atoms with E-state index >= 15 is 0 Å². The Kier molecular flexibility index (Phi) is 2.93. The van der Waals surface area contributed by atoms with Crippen LogP contribution in [0, 0.1) is 6.92 Å². The van der Waals surface area contributed by atoms with Crippen molar-refractivity contribution >= 4 is 17.6 Å². The zero-order valence-corrected chi connectivity index (χ0v) is 8.30. The Morgan fingerprint density at radius 1 is 1.69 bits per heavy atom. The fourth-order valence-electron chi connectivity index (χ4n) is 1.04. The maximum Gasteiger partial charge on any atom is 0.303 e. The number of carboxylic acids is 1. The Morgan fingerprint density at radius 3 is 2.69 bits per heavy atom. The van der Waals surface area contributed by atoms with Crippen molar-refractivity contribution in [2.24, 2.45) is 7.05 Å². The highest BCUT2D eigenvalue weighted by Crippen LogP contribution is 2.17. The predicted octanol–water partition coefficient (Wildman–Crippen LogP) is 1.40. The summed E-state index contributed by atoms with van der Waals surface area (Å²) in [5.74, 6) is -0.0373. The molecular weight excluding hydrogens is 192 g/mol. The molecule has 0 aromatic carbocycles. The summed E-state index contributed by atoms with van der Waals surface area (Å²) in [6.45, 7) is 1.83. The minimum Gasteiger partial charge on any atom is -0.481 e. The van der Waals surface area contributed by atoms with Crippen molar-refractivity contribution < 1.29 is 9.90 Å². The first-order valence-corrected chi connectivity index (χ1v) is 4.29. The molecule has 13 heavy (non-hydrogen) atoms. The minimum absolute atomic E-state index is 0.0656. The summed E-state index contributed by atoms with van der Waals surface area (Å²) in [6.07, 6.45) is 0.450. The third-order valence-corrected chi connectivity index (χ3v) is 2.36. The van der Waals surface area contributed by atoms with Gasteiger partial charge >= 0.3 is 5.97 Å². The van der Waals surface area contributed by atoms with E-state index < -0.39 is 5.97 Å². The molecule has 0 saturated carbocycles. The molecule has 0 atom stereocenters. The summed E-state index contributed by atoms with van der Waals surface area (Å²) >= 11 is 5.91. The highest BCUT2D eigenvalue weighted by atomic mass is 35.5. The van der Waals surface area contributed by atoms with Crippen molar-refractivity contribution in [3.05, 3.63) is 16.7 Å². The number of aliphatic carboxylic acids is 1. The second-order valence-corrected chi connectivity index (χ2v) is 3.21. The van der Waals surface area contributed by atoms with Gasteiger partial charge < -0.3 is 9.67 Å². The normalized spacial score (nSPS) is 10.4. The second kappa shape index (κ2) is 3.79. The fourth-order valence-corrected chi connectivity index (χ4v) is 1.30. The van der Waals surface area contributed by atoms with Gasteiger partial charge in [0.1, 0.15) is 11.0 Å². The number of hydrogen-bond acceptors (Lipinski definition) is 2. The van der Waals surface area contributed by atoms with Crippen LogP contribution in [0.2, 0.25) is 5.15 Å². The molecule has 0 spiro atoms. The number of carboxylic acid groups (broad SMARTS) is 1. The number of halogens is 1. The molecule has 1 N–H and O–H groups in total. The molecule has 0 bridgehead atoms. The van der Waals surface area contributed by atoms with Gasteiger partial charge in [-0.25, -0.2) is 4.98 Å². The largest absolute Gasteiger partial charge is 0.481 e. The summed E-state index contributed by atoms with van der Waals surface area (Å²) in [5.41, 5.74) is 0.657. The molecule has 4 nitrogen and oxygen atoms in total. The van der Waals surface area contributed by atoms with Crippen molar-refractivity contribution in [3.8, 4) is 0 Å². The molecule has 0 unspecified atom stereocenters. The molecule has 1 aromatic heterocycles. The molecule has 0 aliphatic carbocycles.